The highest BCUT2D eigenvalue weighted by molar-refractivity contribution is 7.89. The van der Waals surface area contributed by atoms with Crippen LogP contribution in [0.2, 0.25) is 0 Å². The van der Waals surface area contributed by atoms with E-state index in [1.807, 2.05) is 11.6 Å². The van der Waals surface area contributed by atoms with Gasteiger partial charge in [0.25, 0.3) is 0 Å². The number of sulfonamides is 1. The van der Waals surface area contributed by atoms with E-state index in [9.17, 15) is 12.6 Å². The molecule has 8 heteroatoms. The van der Waals surface area contributed by atoms with E-state index in [2.05, 4.69) is 5.32 Å². The van der Waals surface area contributed by atoms with Crippen molar-refractivity contribution in [3.8, 4) is 0 Å². The van der Waals surface area contributed by atoms with Gasteiger partial charge in [0.2, 0.25) is 10.0 Å². The molecule has 6 nitrogen and oxygen atoms in total. The summed E-state index contributed by atoms with van der Waals surface area (Å²) in [6.07, 6.45) is 4.09. The van der Waals surface area contributed by atoms with Crippen LogP contribution in [0.15, 0.2) is 17.2 Å². The normalized spacial score (nSPS) is 21.8. The van der Waals surface area contributed by atoms with Crippen LogP contribution in [-0.4, -0.2) is 52.1 Å². The van der Waals surface area contributed by atoms with Gasteiger partial charge in [0, 0.05) is 66.9 Å². The van der Waals surface area contributed by atoms with E-state index in [-0.39, 0.29) is 0 Å². The van der Waals surface area contributed by atoms with Crippen LogP contribution in [-0.2, 0) is 34.4 Å². The molecule has 1 aliphatic carbocycles. The summed E-state index contributed by atoms with van der Waals surface area (Å²) in [5.74, 6) is 0.865. The molecule has 3 rings (SSSR count). The number of hydrogen-bond donors (Lipinski definition) is 1. The molecule has 21 heavy (non-hydrogen) atoms. The van der Waals surface area contributed by atoms with Crippen LogP contribution >= 0.6 is 0 Å². The molecule has 0 amide bonds. The van der Waals surface area contributed by atoms with Crippen molar-refractivity contribution in [1.29, 1.82) is 0 Å². The second-order valence-electron chi connectivity index (χ2n) is 5.69. The molecule has 1 aliphatic heterocycles. The quantitative estimate of drug-likeness (QED) is 0.826. The Bertz CT molecular complexity index is 640. The summed E-state index contributed by atoms with van der Waals surface area (Å²) in [6.45, 7) is 1.39. The lowest BCUT2D eigenvalue weighted by molar-refractivity contribution is 0.438. The van der Waals surface area contributed by atoms with Gasteiger partial charge >= 0.3 is 0 Å². The van der Waals surface area contributed by atoms with Gasteiger partial charge in [0.1, 0.15) is 4.90 Å². The van der Waals surface area contributed by atoms with Crippen molar-refractivity contribution in [2.75, 3.05) is 24.6 Å². The monoisotopic (exact) mass is 331 g/mol. The summed E-state index contributed by atoms with van der Waals surface area (Å²) in [7, 11) is -2.46. The van der Waals surface area contributed by atoms with Gasteiger partial charge in [-0.3, -0.25) is 4.21 Å². The molecule has 1 N–H and O–H groups in total. The van der Waals surface area contributed by atoms with Gasteiger partial charge in [-0.05, 0) is 18.9 Å². The summed E-state index contributed by atoms with van der Waals surface area (Å²) in [6, 6.07) is 2.34. The van der Waals surface area contributed by atoms with Gasteiger partial charge < -0.3 is 9.88 Å². The second kappa shape index (κ2) is 5.83. The molecular formula is C13H21N3O3S2. The maximum absolute atomic E-state index is 12.6. The fourth-order valence-electron chi connectivity index (χ4n) is 2.44. The zero-order valence-corrected chi connectivity index (χ0v) is 13.8. The molecular weight excluding hydrogens is 310 g/mol. The Kier molecular flexibility index (Phi) is 4.22. The van der Waals surface area contributed by atoms with Gasteiger partial charge in [-0.25, -0.2) is 8.42 Å². The topological polar surface area (TPSA) is 71.4 Å². The number of rotatable bonds is 5. The Morgan fingerprint density at radius 2 is 2.00 bits per heavy atom. The van der Waals surface area contributed by atoms with Crippen molar-refractivity contribution in [3.63, 3.8) is 0 Å². The molecule has 1 saturated carbocycles. The fraction of sp³-hybridized carbons (Fsp3) is 0.692. The minimum atomic E-state index is -3.46. The molecule has 2 fully saturated rings. The zero-order chi connectivity index (χ0) is 15.0. The Labute approximate surface area is 128 Å². The first-order valence-corrected chi connectivity index (χ1v) is 10.1. The molecule has 118 valence electrons. The predicted octanol–water partition coefficient (Wildman–Crippen LogP) is 0.0301. The van der Waals surface area contributed by atoms with E-state index in [0.29, 0.717) is 42.1 Å². The van der Waals surface area contributed by atoms with Gasteiger partial charge in [-0.2, -0.15) is 4.31 Å². The lowest BCUT2D eigenvalue weighted by atomic mass is 10.4. The summed E-state index contributed by atoms with van der Waals surface area (Å²) in [4.78, 5) is 0.338. The van der Waals surface area contributed by atoms with Crippen molar-refractivity contribution in [1.82, 2.24) is 14.2 Å². The van der Waals surface area contributed by atoms with Crippen LogP contribution in [0.3, 0.4) is 0 Å². The molecule has 0 bridgehead atoms. The van der Waals surface area contributed by atoms with E-state index >= 15 is 0 Å². The molecule has 0 aromatic carbocycles. The second-order valence-corrected chi connectivity index (χ2v) is 9.32. The average molecular weight is 331 g/mol. The summed E-state index contributed by atoms with van der Waals surface area (Å²) < 4.78 is 39.9. The third-order valence-corrected chi connectivity index (χ3v) is 7.15. The first-order chi connectivity index (χ1) is 9.96. The van der Waals surface area contributed by atoms with Crippen molar-refractivity contribution >= 4 is 20.8 Å². The number of nitrogens with zero attached hydrogens (tertiary/aromatic N) is 2. The number of hydrogen-bond acceptors (Lipinski definition) is 4. The lowest BCUT2D eigenvalue weighted by Gasteiger charge is -2.24. The van der Waals surface area contributed by atoms with Crippen LogP contribution in [0.1, 0.15) is 18.5 Å². The van der Waals surface area contributed by atoms with Crippen LogP contribution in [0.25, 0.3) is 0 Å². The third kappa shape index (κ3) is 3.39. The van der Waals surface area contributed by atoms with Crippen molar-refractivity contribution in [2.45, 2.75) is 30.3 Å². The smallest absolute Gasteiger partial charge is 0.244 e. The minimum absolute atomic E-state index is 0.338. The van der Waals surface area contributed by atoms with Crippen molar-refractivity contribution in [2.24, 2.45) is 7.05 Å². The van der Waals surface area contributed by atoms with Crippen molar-refractivity contribution in [3.05, 3.63) is 18.0 Å². The minimum Gasteiger partial charge on any atom is -0.352 e. The number of aromatic nitrogens is 1. The van der Waals surface area contributed by atoms with Gasteiger partial charge in [0.15, 0.2) is 0 Å². The summed E-state index contributed by atoms with van der Waals surface area (Å²) in [5, 5.41) is 3.39. The van der Waals surface area contributed by atoms with Crippen LogP contribution in [0.5, 0.6) is 0 Å². The zero-order valence-electron chi connectivity index (χ0n) is 12.1. The molecule has 2 aliphatic rings. The van der Waals surface area contributed by atoms with Gasteiger partial charge in [0.05, 0.1) is 0 Å². The van der Waals surface area contributed by atoms with E-state index < -0.39 is 20.8 Å². The Morgan fingerprint density at radius 3 is 2.62 bits per heavy atom. The lowest BCUT2D eigenvalue weighted by Crippen LogP contribution is -2.41. The first kappa shape index (κ1) is 15.2. The van der Waals surface area contributed by atoms with E-state index in [1.54, 1.807) is 12.3 Å². The maximum Gasteiger partial charge on any atom is 0.244 e. The van der Waals surface area contributed by atoms with Gasteiger partial charge in [-0.15, -0.1) is 0 Å². The summed E-state index contributed by atoms with van der Waals surface area (Å²) in [5.41, 5.74) is 0.973. The third-order valence-electron chi connectivity index (χ3n) is 4.01. The standard InChI is InChI=1S/C13H21N3O3S2/c1-15-10-13(8-12(15)9-14-11-2-3-11)21(18,19)16-4-6-20(17)7-5-16/h8,10-11,14H,2-7,9H2,1H3. The van der Waals surface area contributed by atoms with E-state index in [0.717, 1.165) is 5.69 Å². The van der Waals surface area contributed by atoms with Crippen LogP contribution in [0.4, 0.5) is 0 Å². The van der Waals surface area contributed by atoms with Crippen LogP contribution in [0, 0.1) is 0 Å². The highest BCUT2D eigenvalue weighted by Gasteiger charge is 2.29. The molecule has 2 heterocycles. The van der Waals surface area contributed by atoms with Crippen molar-refractivity contribution < 1.29 is 12.6 Å². The molecule has 0 unspecified atom stereocenters. The van der Waals surface area contributed by atoms with Gasteiger partial charge in [-0.1, -0.05) is 0 Å². The number of nitrogens with one attached hydrogen (secondary N) is 1. The SMILES string of the molecule is Cn1cc(S(=O)(=O)N2CCS(=O)CC2)cc1CNC1CC1. The first-order valence-electron chi connectivity index (χ1n) is 7.20. The Balaban J connectivity index is 1.75. The van der Waals surface area contributed by atoms with E-state index in [4.69, 9.17) is 0 Å². The molecule has 0 spiro atoms. The predicted molar refractivity (Wildman–Crippen MR) is 81.9 cm³/mol. The molecule has 1 aromatic rings. The van der Waals surface area contributed by atoms with E-state index in [1.165, 1.54) is 17.1 Å². The largest absolute Gasteiger partial charge is 0.352 e. The molecule has 0 atom stereocenters. The molecule has 0 radical (unpaired) electrons. The summed E-state index contributed by atoms with van der Waals surface area (Å²) >= 11 is 0. The highest BCUT2D eigenvalue weighted by atomic mass is 32.2. The maximum atomic E-state index is 12.6. The van der Waals surface area contributed by atoms with Crippen LogP contribution < -0.4 is 5.32 Å². The highest BCUT2D eigenvalue weighted by Crippen LogP contribution is 2.22. The average Bonchev–Trinajstić information content (AvgIpc) is 3.19. The Morgan fingerprint density at radius 1 is 1.33 bits per heavy atom. The number of aryl methyl sites for hydroxylation is 1. The Hall–Kier alpha value is -0.700. The molecule has 1 aromatic heterocycles. The molecule has 1 saturated heterocycles. The fourth-order valence-corrected chi connectivity index (χ4v) is 5.26.